The van der Waals surface area contributed by atoms with Crippen LogP contribution in [0.5, 0.6) is 5.75 Å². The standard InChI is InChI=1S/C16H23BrFNO/c1-15(2,3)19-10-9-16(7-4-8-16)20-14-11-12(18)5-6-13(14)17/h5-6,11,19H,4,7-10H2,1-3H3. The van der Waals surface area contributed by atoms with Crippen LogP contribution in [0, 0.1) is 5.82 Å². The van der Waals surface area contributed by atoms with E-state index in [2.05, 4.69) is 42.0 Å². The van der Waals surface area contributed by atoms with Crippen LogP contribution in [0.2, 0.25) is 0 Å². The molecule has 1 N–H and O–H groups in total. The Morgan fingerprint density at radius 1 is 1.35 bits per heavy atom. The van der Waals surface area contributed by atoms with Crippen LogP contribution < -0.4 is 10.1 Å². The highest BCUT2D eigenvalue weighted by atomic mass is 79.9. The van der Waals surface area contributed by atoms with Crippen molar-refractivity contribution in [2.75, 3.05) is 6.54 Å². The Balaban J connectivity index is 1.99. The maximum Gasteiger partial charge on any atom is 0.137 e. The van der Waals surface area contributed by atoms with Crippen LogP contribution in [0.3, 0.4) is 0 Å². The van der Waals surface area contributed by atoms with Gasteiger partial charge in [0, 0.05) is 11.6 Å². The molecule has 0 unspecified atom stereocenters. The zero-order valence-electron chi connectivity index (χ0n) is 12.4. The van der Waals surface area contributed by atoms with Gasteiger partial charge in [-0.05, 0) is 81.1 Å². The van der Waals surface area contributed by atoms with Crippen molar-refractivity contribution in [2.45, 2.75) is 57.6 Å². The molecule has 2 rings (SSSR count). The maximum atomic E-state index is 13.3. The first-order valence-electron chi connectivity index (χ1n) is 7.19. The molecule has 112 valence electrons. The highest BCUT2D eigenvalue weighted by Gasteiger charge is 2.39. The van der Waals surface area contributed by atoms with Crippen LogP contribution in [-0.2, 0) is 0 Å². The number of hydrogen-bond acceptors (Lipinski definition) is 2. The average Bonchev–Trinajstić information content (AvgIpc) is 2.28. The third-order valence-corrected chi connectivity index (χ3v) is 4.38. The molecule has 0 aromatic heterocycles. The SMILES string of the molecule is CC(C)(C)NCCC1(Oc2cc(F)ccc2Br)CCC1. The first-order valence-corrected chi connectivity index (χ1v) is 7.98. The largest absolute Gasteiger partial charge is 0.486 e. The van der Waals surface area contributed by atoms with Crippen LogP contribution in [0.25, 0.3) is 0 Å². The summed E-state index contributed by atoms with van der Waals surface area (Å²) in [6.07, 6.45) is 4.22. The lowest BCUT2D eigenvalue weighted by Crippen LogP contribution is -2.47. The fourth-order valence-electron chi connectivity index (χ4n) is 2.43. The van der Waals surface area contributed by atoms with E-state index < -0.39 is 0 Å². The van der Waals surface area contributed by atoms with Crippen LogP contribution in [0.1, 0.15) is 46.5 Å². The fourth-order valence-corrected chi connectivity index (χ4v) is 2.76. The van der Waals surface area contributed by atoms with Crippen molar-refractivity contribution in [3.63, 3.8) is 0 Å². The first-order chi connectivity index (χ1) is 9.30. The third-order valence-electron chi connectivity index (χ3n) is 3.72. The molecule has 1 aliphatic rings. The molecule has 1 aromatic carbocycles. The Hall–Kier alpha value is -0.610. The Morgan fingerprint density at radius 3 is 2.60 bits per heavy atom. The molecule has 4 heteroatoms. The minimum Gasteiger partial charge on any atom is -0.486 e. The molecule has 0 aliphatic heterocycles. The lowest BCUT2D eigenvalue weighted by Gasteiger charge is -2.43. The minimum absolute atomic E-state index is 0.115. The summed E-state index contributed by atoms with van der Waals surface area (Å²) in [6, 6.07) is 4.59. The van der Waals surface area contributed by atoms with E-state index in [1.807, 2.05) is 0 Å². The molecular formula is C16H23BrFNO. The molecule has 0 radical (unpaired) electrons. The number of halogens is 2. The predicted octanol–water partition coefficient (Wildman–Crippen LogP) is 4.67. The number of nitrogens with one attached hydrogen (secondary N) is 1. The van der Waals surface area contributed by atoms with E-state index in [1.165, 1.54) is 18.6 Å². The second-order valence-corrected chi connectivity index (χ2v) is 7.49. The van der Waals surface area contributed by atoms with Crippen LogP contribution in [0.15, 0.2) is 22.7 Å². The van der Waals surface area contributed by atoms with Gasteiger partial charge in [0.05, 0.1) is 4.47 Å². The highest BCUT2D eigenvalue weighted by molar-refractivity contribution is 9.10. The Labute approximate surface area is 129 Å². The molecule has 1 fully saturated rings. The average molecular weight is 344 g/mol. The Morgan fingerprint density at radius 2 is 2.05 bits per heavy atom. The van der Waals surface area contributed by atoms with Gasteiger partial charge in [0.25, 0.3) is 0 Å². The minimum atomic E-state index is -0.259. The summed E-state index contributed by atoms with van der Waals surface area (Å²) in [5.74, 6) is 0.353. The summed E-state index contributed by atoms with van der Waals surface area (Å²) < 4.78 is 20.3. The van der Waals surface area contributed by atoms with Gasteiger partial charge >= 0.3 is 0 Å². The normalized spacial score (nSPS) is 17.6. The van der Waals surface area contributed by atoms with Crippen molar-refractivity contribution in [1.82, 2.24) is 5.32 Å². The zero-order chi connectivity index (χ0) is 14.8. The van der Waals surface area contributed by atoms with E-state index in [4.69, 9.17) is 4.74 Å². The smallest absolute Gasteiger partial charge is 0.137 e. The quantitative estimate of drug-likeness (QED) is 0.838. The number of hydrogen-bond donors (Lipinski definition) is 1. The van der Waals surface area contributed by atoms with Crippen molar-refractivity contribution in [1.29, 1.82) is 0 Å². The van der Waals surface area contributed by atoms with E-state index in [9.17, 15) is 4.39 Å². The summed E-state index contributed by atoms with van der Waals surface area (Å²) in [6.45, 7) is 7.38. The van der Waals surface area contributed by atoms with E-state index in [1.54, 1.807) is 6.07 Å². The van der Waals surface area contributed by atoms with Gasteiger partial charge in [0.15, 0.2) is 0 Å². The molecule has 0 amide bonds. The van der Waals surface area contributed by atoms with Crippen molar-refractivity contribution < 1.29 is 9.13 Å². The van der Waals surface area contributed by atoms with Gasteiger partial charge in [0.2, 0.25) is 0 Å². The van der Waals surface area contributed by atoms with E-state index in [0.29, 0.717) is 5.75 Å². The molecule has 2 nitrogen and oxygen atoms in total. The molecule has 1 aromatic rings. The molecule has 0 heterocycles. The number of rotatable bonds is 5. The van der Waals surface area contributed by atoms with Crippen molar-refractivity contribution in [2.24, 2.45) is 0 Å². The molecule has 0 saturated heterocycles. The fraction of sp³-hybridized carbons (Fsp3) is 0.625. The topological polar surface area (TPSA) is 21.3 Å². The van der Waals surface area contributed by atoms with Gasteiger partial charge in [-0.25, -0.2) is 4.39 Å². The molecule has 0 atom stereocenters. The van der Waals surface area contributed by atoms with Crippen LogP contribution >= 0.6 is 15.9 Å². The van der Waals surface area contributed by atoms with Crippen LogP contribution in [-0.4, -0.2) is 17.7 Å². The van der Waals surface area contributed by atoms with Gasteiger partial charge in [-0.1, -0.05) is 0 Å². The number of benzene rings is 1. The lowest BCUT2D eigenvalue weighted by atomic mass is 9.77. The highest BCUT2D eigenvalue weighted by Crippen LogP contribution is 2.41. The number of ether oxygens (including phenoxy) is 1. The first kappa shape index (κ1) is 15.8. The monoisotopic (exact) mass is 343 g/mol. The summed E-state index contributed by atoms with van der Waals surface area (Å²) in [4.78, 5) is 0. The van der Waals surface area contributed by atoms with Gasteiger partial charge in [-0.15, -0.1) is 0 Å². The lowest BCUT2D eigenvalue weighted by molar-refractivity contribution is -0.0160. The van der Waals surface area contributed by atoms with Gasteiger partial charge in [0.1, 0.15) is 17.2 Å². The van der Waals surface area contributed by atoms with Gasteiger partial charge in [-0.2, -0.15) is 0 Å². The molecule has 1 aliphatic carbocycles. The van der Waals surface area contributed by atoms with Crippen molar-refractivity contribution in [3.8, 4) is 5.75 Å². The zero-order valence-corrected chi connectivity index (χ0v) is 14.0. The van der Waals surface area contributed by atoms with E-state index in [0.717, 1.165) is 30.3 Å². The second-order valence-electron chi connectivity index (χ2n) is 6.64. The Kier molecular flexibility index (Phi) is 4.75. The molecule has 20 heavy (non-hydrogen) atoms. The molecule has 0 bridgehead atoms. The van der Waals surface area contributed by atoms with Gasteiger partial charge < -0.3 is 10.1 Å². The molecule has 0 spiro atoms. The Bertz CT molecular complexity index is 466. The van der Waals surface area contributed by atoms with E-state index >= 15 is 0 Å². The maximum absolute atomic E-state index is 13.3. The van der Waals surface area contributed by atoms with Gasteiger partial charge in [-0.3, -0.25) is 0 Å². The predicted molar refractivity (Wildman–Crippen MR) is 83.7 cm³/mol. The molecular weight excluding hydrogens is 321 g/mol. The molecule has 1 saturated carbocycles. The van der Waals surface area contributed by atoms with Crippen molar-refractivity contribution in [3.05, 3.63) is 28.5 Å². The van der Waals surface area contributed by atoms with Crippen LogP contribution in [0.4, 0.5) is 4.39 Å². The summed E-state index contributed by atoms with van der Waals surface area (Å²) in [5.41, 5.74) is -0.0149. The van der Waals surface area contributed by atoms with Crippen molar-refractivity contribution >= 4 is 15.9 Å². The summed E-state index contributed by atoms with van der Waals surface area (Å²) in [7, 11) is 0. The summed E-state index contributed by atoms with van der Waals surface area (Å²) >= 11 is 3.43. The van der Waals surface area contributed by atoms with E-state index in [-0.39, 0.29) is 17.0 Å². The second kappa shape index (κ2) is 6.02. The summed E-state index contributed by atoms with van der Waals surface area (Å²) in [5, 5.41) is 3.49. The third kappa shape index (κ3) is 4.19.